The first-order valence-corrected chi connectivity index (χ1v) is 8.80. The number of benzene rings is 1. The lowest BCUT2D eigenvalue weighted by molar-refractivity contribution is -0.118. The van der Waals surface area contributed by atoms with E-state index >= 15 is 0 Å². The van der Waals surface area contributed by atoms with Gasteiger partial charge in [-0.25, -0.2) is 0 Å². The van der Waals surface area contributed by atoms with Crippen LogP contribution in [0.2, 0.25) is 0 Å². The summed E-state index contributed by atoms with van der Waals surface area (Å²) >= 11 is 0. The monoisotopic (exact) mass is 299 g/mol. The number of nitrogens with one attached hydrogen (secondary N) is 1. The van der Waals surface area contributed by atoms with Crippen LogP contribution in [0.1, 0.15) is 57.9 Å². The van der Waals surface area contributed by atoms with Crippen molar-refractivity contribution in [3.63, 3.8) is 0 Å². The average Bonchev–Trinajstić information content (AvgIpc) is 2.42. The number of hydrogen-bond donors (Lipinski definition) is 1. The van der Waals surface area contributed by atoms with Gasteiger partial charge in [-0.2, -0.15) is 0 Å². The van der Waals surface area contributed by atoms with E-state index in [0.717, 1.165) is 18.2 Å². The average molecular weight is 299 g/mol. The minimum atomic E-state index is 0.381. The third-order valence-corrected chi connectivity index (χ3v) is 6.43. The second-order valence-corrected chi connectivity index (χ2v) is 9.12. The summed E-state index contributed by atoms with van der Waals surface area (Å²) in [4.78, 5) is 0. The van der Waals surface area contributed by atoms with Crippen molar-refractivity contribution in [1.82, 2.24) is 5.32 Å². The van der Waals surface area contributed by atoms with Crippen LogP contribution in [-0.4, -0.2) is 12.6 Å². The van der Waals surface area contributed by atoms with Crippen molar-refractivity contribution in [2.75, 3.05) is 7.11 Å². The molecule has 4 aliphatic carbocycles. The highest BCUT2D eigenvalue weighted by Crippen LogP contribution is 2.66. The summed E-state index contributed by atoms with van der Waals surface area (Å²) in [5, 5.41) is 3.99. The van der Waals surface area contributed by atoms with Crippen LogP contribution in [0.4, 0.5) is 0 Å². The molecular formula is C20H29NO. The summed E-state index contributed by atoms with van der Waals surface area (Å²) in [6, 6.07) is 8.49. The van der Waals surface area contributed by atoms with E-state index in [1.54, 1.807) is 7.11 Å². The van der Waals surface area contributed by atoms with Gasteiger partial charge in [-0.05, 0) is 73.0 Å². The zero-order chi connectivity index (χ0) is 15.4. The molecule has 4 saturated carbocycles. The zero-order valence-electron chi connectivity index (χ0n) is 14.2. The maximum Gasteiger partial charge on any atom is 0.119 e. The van der Waals surface area contributed by atoms with Gasteiger partial charge in [0.15, 0.2) is 0 Å². The van der Waals surface area contributed by atoms with Crippen molar-refractivity contribution in [2.45, 2.75) is 64.5 Å². The number of ether oxygens (including phenoxy) is 1. The molecule has 0 radical (unpaired) electrons. The Morgan fingerprint density at radius 1 is 1.09 bits per heavy atom. The molecule has 0 spiro atoms. The highest BCUT2D eigenvalue weighted by atomic mass is 16.5. The Kier molecular flexibility index (Phi) is 3.14. The first-order chi connectivity index (χ1) is 10.4. The summed E-state index contributed by atoms with van der Waals surface area (Å²) in [7, 11) is 1.74. The minimum absolute atomic E-state index is 0.381. The molecule has 4 aliphatic rings. The molecule has 120 valence electrons. The van der Waals surface area contributed by atoms with Crippen LogP contribution in [0, 0.1) is 16.7 Å². The second kappa shape index (κ2) is 4.74. The Bertz CT molecular complexity index is 563. The second-order valence-electron chi connectivity index (χ2n) is 9.12. The molecule has 1 N–H and O–H groups in total. The Morgan fingerprint density at radius 3 is 2.45 bits per heavy atom. The van der Waals surface area contributed by atoms with Crippen LogP contribution >= 0.6 is 0 Å². The van der Waals surface area contributed by atoms with Crippen LogP contribution < -0.4 is 10.1 Å². The van der Waals surface area contributed by atoms with Crippen LogP contribution in [0.15, 0.2) is 24.3 Å². The summed E-state index contributed by atoms with van der Waals surface area (Å²) in [6.07, 6.45) is 8.50. The molecule has 2 unspecified atom stereocenters. The zero-order valence-corrected chi connectivity index (χ0v) is 14.2. The first kappa shape index (κ1) is 14.6. The minimum Gasteiger partial charge on any atom is -0.497 e. The fraction of sp³-hybridized carbons (Fsp3) is 0.700. The van der Waals surface area contributed by atoms with E-state index in [9.17, 15) is 0 Å². The molecule has 22 heavy (non-hydrogen) atoms. The fourth-order valence-corrected chi connectivity index (χ4v) is 6.72. The summed E-state index contributed by atoms with van der Waals surface area (Å²) in [5.41, 5.74) is 2.88. The third kappa shape index (κ3) is 2.46. The van der Waals surface area contributed by atoms with Crippen molar-refractivity contribution in [2.24, 2.45) is 16.7 Å². The lowest BCUT2D eigenvalue weighted by Gasteiger charge is -2.65. The predicted molar refractivity (Wildman–Crippen MR) is 90.0 cm³/mol. The lowest BCUT2D eigenvalue weighted by atomic mass is 9.43. The molecule has 2 nitrogen and oxygen atoms in total. The van der Waals surface area contributed by atoms with E-state index in [1.165, 1.54) is 44.1 Å². The van der Waals surface area contributed by atoms with Crippen molar-refractivity contribution >= 4 is 0 Å². The predicted octanol–water partition coefficient (Wildman–Crippen LogP) is 4.53. The van der Waals surface area contributed by atoms with Gasteiger partial charge < -0.3 is 10.1 Å². The van der Waals surface area contributed by atoms with Gasteiger partial charge >= 0.3 is 0 Å². The van der Waals surface area contributed by atoms with Crippen molar-refractivity contribution in [3.05, 3.63) is 29.8 Å². The molecule has 2 atom stereocenters. The molecule has 0 aromatic heterocycles. The standard InChI is InChI=1S/C20H29NO/c1-18-8-16-9-19(2,12-18)14-20(10-16,13-18)21-11-15-5-4-6-17(7-15)22-3/h4-7,16,21H,8-14H2,1-3H3. The Hall–Kier alpha value is -1.02. The smallest absolute Gasteiger partial charge is 0.119 e. The maximum atomic E-state index is 5.35. The Morgan fingerprint density at radius 2 is 1.82 bits per heavy atom. The quantitative estimate of drug-likeness (QED) is 0.881. The van der Waals surface area contributed by atoms with E-state index in [1.807, 2.05) is 6.07 Å². The molecular weight excluding hydrogens is 270 g/mol. The van der Waals surface area contributed by atoms with Crippen LogP contribution in [-0.2, 0) is 6.54 Å². The highest BCUT2D eigenvalue weighted by molar-refractivity contribution is 5.28. The molecule has 0 heterocycles. The molecule has 0 saturated heterocycles. The molecule has 5 rings (SSSR count). The Balaban J connectivity index is 1.52. The summed E-state index contributed by atoms with van der Waals surface area (Å²) in [6.45, 7) is 6.05. The first-order valence-electron chi connectivity index (χ1n) is 8.80. The van der Waals surface area contributed by atoms with Crippen molar-refractivity contribution in [1.29, 1.82) is 0 Å². The molecule has 0 aliphatic heterocycles. The fourth-order valence-electron chi connectivity index (χ4n) is 6.72. The van der Waals surface area contributed by atoms with Crippen LogP contribution in [0.25, 0.3) is 0 Å². The number of methoxy groups -OCH3 is 1. The van der Waals surface area contributed by atoms with Crippen LogP contribution in [0.5, 0.6) is 5.75 Å². The van der Waals surface area contributed by atoms with Gasteiger partial charge in [-0.3, -0.25) is 0 Å². The largest absolute Gasteiger partial charge is 0.497 e. The summed E-state index contributed by atoms with van der Waals surface area (Å²) in [5.74, 6) is 1.91. The van der Waals surface area contributed by atoms with E-state index in [-0.39, 0.29) is 0 Å². The lowest BCUT2D eigenvalue weighted by Crippen LogP contribution is -2.63. The number of rotatable bonds is 4. The van der Waals surface area contributed by atoms with Gasteiger partial charge in [0.2, 0.25) is 0 Å². The SMILES string of the molecule is COc1cccc(CNC23CC4CC(C)(CC(C)(C4)C2)C3)c1. The summed E-state index contributed by atoms with van der Waals surface area (Å²) < 4.78 is 5.35. The van der Waals surface area contributed by atoms with Gasteiger partial charge in [-0.15, -0.1) is 0 Å². The maximum absolute atomic E-state index is 5.35. The van der Waals surface area contributed by atoms with Gasteiger partial charge in [0.1, 0.15) is 5.75 Å². The highest BCUT2D eigenvalue weighted by Gasteiger charge is 2.59. The van der Waals surface area contributed by atoms with E-state index in [0.29, 0.717) is 16.4 Å². The molecule has 1 aromatic rings. The van der Waals surface area contributed by atoms with Gasteiger partial charge in [0.25, 0.3) is 0 Å². The molecule has 0 amide bonds. The van der Waals surface area contributed by atoms with Gasteiger partial charge in [-0.1, -0.05) is 26.0 Å². The van der Waals surface area contributed by atoms with Gasteiger partial charge in [0, 0.05) is 12.1 Å². The number of hydrogen-bond acceptors (Lipinski definition) is 2. The van der Waals surface area contributed by atoms with E-state index in [4.69, 9.17) is 4.74 Å². The Labute approximate surface area is 134 Å². The molecule has 2 heteroatoms. The molecule has 4 bridgehead atoms. The van der Waals surface area contributed by atoms with Crippen molar-refractivity contribution < 1.29 is 4.74 Å². The van der Waals surface area contributed by atoms with Gasteiger partial charge in [0.05, 0.1) is 7.11 Å². The topological polar surface area (TPSA) is 21.3 Å². The molecule has 4 fully saturated rings. The third-order valence-electron chi connectivity index (χ3n) is 6.43. The molecule has 1 aromatic carbocycles. The normalized spacial score (nSPS) is 42.6. The van der Waals surface area contributed by atoms with Crippen molar-refractivity contribution in [3.8, 4) is 5.75 Å². The van der Waals surface area contributed by atoms with E-state index < -0.39 is 0 Å². The van der Waals surface area contributed by atoms with E-state index in [2.05, 4.69) is 37.4 Å². The van der Waals surface area contributed by atoms with Crippen LogP contribution in [0.3, 0.4) is 0 Å².